The van der Waals surface area contributed by atoms with E-state index >= 15 is 0 Å². The van der Waals surface area contributed by atoms with E-state index in [9.17, 15) is 0 Å². The fourth-order valence-corrected chi connectivity index (χ4v) is 0.385. The van der Waals surface area contributed by atoms with Gasteiger partial charge in [-0.1, -0.05) is 63.1 Å². The molecule has 1 rings (SSSR count). The van der Waals surface area contributed by atoms with Crippen LogP contribution < -0.4 is 0 Å². The molecule has 0 radical (unpaired) electrons. The summed E-state index contributed by atoms with van der Waals surface area (Å²) in [7, 11) is 1.00. The SMILES string of the molecule is CC(=O)O.CCCC.CO.c1ccccc1. The summed E-state index contributed by atoms with van der Waals surface area (Å²) >= 11 is 0. The number of hydrogen-bond donors (Lipinski definition) is 2. The minimum absolute atomic E-state index is 0.833. The lowest BCUT2D eigenvalue weighted by Gasteiger charge is -1.69. The fourth-order valence-electron chi connectivity index (χ4n) is 0.385. The van der Waals surface area contributed by atoms with Crippen molar-refractivity contribution in [2.24, 2.45) is 0 Å². The number of unbranched alkanes of at least 4 members (excludes halogenated alkanes) is 1. The molecule has 0 aromatic heterocycles. The number of hydrogen-bond acceptors (Lipinski definition) is 2. The van der Waals surface area contributed by atoms with Gasteiger partial charge in [0.25, 0.3) is 5.97 Å². The molecule has 0 bridgehead atoms. The van der Waals surface area contributed by atoms with Crippen molar-refractivity contribution in [3.8, 4) is 0 Å². The van der Waals surface area contributed by atoms with Crippen LogP contribution in [0.15, 0.2) is 36.4 Å². The Kier molecular flexibility index (Phi) is 29.5. The van der Waals surface area contributed by atoms with Crippen LogP contribution in [0.4, 0.5) is 0 Å². The normalized spacial score (nSPS) is 6.81. The highest BCUT2D eigenvalue weighted by Crippen LogP contribution is 1.79. The van der Waals surface area contributed by atoms with E-state index in [0.29, 0.717) is 0 Å². The Labute approximate surface area is 98.8 Å². The second kappa shape index (κ2) is 23.5. The molecule has 0 aliphatic heterocycles. The maximum Gasteiger partial charge on any atom is 0.300 e. The number of carboxylic acid groups (broad SMARTS) is 1. The molecule has 0 amide bonds. The van der Waals surface area contributed by atoms with Crippen LogP contribution in [0.2, 0.25) is 0 Å². The van der Waals surface area contributed by atoms with Crippen molar-refractivity contribution < 1.29 is 15.0 Å². The number of carboxylic acids is 1. The minimum atomic E-state index is -0.833. The smallest absolute Gasteiger partial charge is 0.300 e. The molecular formula is C13H24O3. The van der Waals surface area contributed by atoms with Gasteiger partial charge < -0.3 is 10.2 Å². The first-order valence-corrected chi connectivity index (χ1v) is 5.29. The van der Waals surface area contributed by atoms with Gasteiger partial charge in [0.15, 0.2) is 0 Å². The van der Waals surface area contributed by atoms with Crippen molar-refractivity contribution >= 4 is 5.97 Å². The first-order chi connectivity index (χ1) is 7.65. The molecule has 0 saturated carbocycles. The molecule has 16 heavy (non-hydrogen) atoms. The van der Waals surface area contributed by atoms with E-state index in [1.807, 2.05) is 36.4 Å². The molecule has 3 heteroatoms. The highest BCUT2D eigenvalue weighted by Gasteiger charge is 1.65. The van der Waals surface area contributed by atoms with E-state index in [0.717, 1.165) is 14.0 Å². The summed E-state index contributed by atoms with van der Waals surface area (Å²) in [6.45, 7) is 5.44. The van der Waals surface area contributed by atoms with Gasteiger partial charge in [-0.2, -0.15) is 0 Å². The lowest BCUT2D eigenvalue weighted by atomic mass is 10.4. The molecule has 0 fully saturated rings. The van der Waals surface area contributed by atoms with E-state index < -0.39 is 5.97 Å². The molecule has 0 saturated heterocycles. The maximum atomic E-state index is 9.00. The molecule has 94 valence electrons. The van der Waals surface area contributed by atoms with Crippen molar-refractivity contribution in [3.63, 3.8) is 0 Å². The van der Waals surface area contributed by atoms with Gasteiger partial charge in [-0.3, -0.25) is 4.79 Å². The average Bonchev–Trinajstić information content (AvgIpc) is 2.33. The lowest BCUT2D eigenvalue weighted by Crippen LogP contribution is -1.78. The molecule has 3 nitrogen and oxygen atoms in total. The standard InChI is InChI=1S/C6H6.C4H10.C2H4O2.CH4O/c1-2-4-6-5-3-1;1-3-4-2;1-2(3)4;1-2/h1-6H;3-4H2,1-2H3;1H3,(H,3,4);2H,1H3. The van der Waals surface area contributed by atoms with Gasteiger partial charge in [0.2, 0.25) is 0 Å². The van der Waals surface area contributed by atoms with Crippen LogP contribution in [0, 0.1) is 0 Å². The zero-order chi connectivity index (χ0) is 13.2. The van der Waals surface area contributed by atoms with Crippen LogP contribution in [0.1, 0.15) is 33.6 Å². The van der Waals surface area contributed by atoms with Crippen LogP contribution in [-0.4, -0.2) is 23.3 Å². The largest absolute Gasteiger partial charge is 0.481 e. The maximum absolute atomic E-state index is 9.00. The number of benzene rings is 1. The second-order valence-electron chi connectivity index (χ2n) is 2.67. The summed E-state index contributed by atoms with van der Waals surface area (Å²) in [6, 6.07) is 12.0. The number of aliphatic carboxylic acids is 1. The van der Waals surface area contributed by atoms with E-state index in [-0.39, 0.29) is 0 Å². The first-order valence-electron chi connectivity index (χ1n) is 5.29. The number of carbonyl (C=O) groups is 1. The Hall–Kier alpha value is -1.35. The highest BCUT2D eigenvalue weighted by molar-refractivity contribution is 5.62. The van der Waals surface area contributed by atoms with Gasteiger partial charge in [-0.05, 0) is 0 Å². The summed E-state index contributed by atoms with van der Waals surface area (Å²) < 4.78 is 0. The van der Waals surface area contributed by atoms with Gasteiger partial charge in [0.1, 0.15) is 0 Å². The molecule has 0 atom stereocenters. The fraction of sp³-hybridized carbons (Fsp3) is 0.462. The zero-order valence-corrected chi connectivity index (χ0v) is 10.7. The van der Waals surface area contributed by atoms with Crippen molar-refractivity contribution in [1.82, 2.24) is 0 Å². The van der Waals surface area contributed by atoms with Crippen LogP contribution in [0.25, 0.3) is 0 Å². The number of aliphatic hydroxyl groups excluding tert-OH is 1. The Morgan fingerprint density at radius 2 is 1.00 bits per heavy atom. The molecule has 0 heterocycles. The van der Waals surface area contributed by atoms with E-state index in [1.54, 1.807) is 0 Å². The van der Waals surface area contributed by atoms with E-state index in [2.05, 4.69) is 13.8 Å². The second-order valence-corrected chi connectivity index (χ2v) is 2.67. The summed E-state index contributed by atoms with van der Waals surface area (Å²) in [5.41, 5.74) is 0. The van der Waals surface area contributed by atoms with Gasteiger partial charge in [-0.25, -0.2) is 0 Å². The van der Waals surface area contributed by atoms with E-state index in [1.165, 1.54) is 12.8 Å². The van der Waals surface area contributed by atoms with Crippen LogP contribution in [0.3, 0.4) is 0 Å². The molecule has 0 aliphatic carbocycles. The number of rotatable bonds is 1. The highest BCUT2D eigenvalue weighted by atomic mass is 16.4. The predicted molar refractivity (Wildman–Crippen MR) is 68.5 cm³/mol. The zero-order valence-electron chi connectivity index (χ0n) is 10.7. The summed E-state index contributed by atoms with van der Waals surface area (Å²) in [6.07, 6.45) is 2.64. The Morgan fingerprint density at radius 1 is 0.875 bits per heavy atom. The molecular weight excluding hydrogens is 204 g/mol. The number of aliphatic hydroxyl groups is 1. The third-order valence-electron chi connectivity index (χ3n) is 1.17. The summed E-state index contributed by atoms with van der Waals surface area (Å²) in [5, 5.41) is 14.4. The van der Waals surface area contributed by atoms with E-state index in [4.69, 9.17) is 15.0 Å². The van der Waals surface area contributed by atoms with Crippen molar-refractivity contribution in [3.05, 3.63) is 36.4 Å². The lowest BCUT2D eigenvalue weighted by molar-refractivity contribution is -0.134. The topological polar surface area (TPSA) is 57.5 Å². The molecule has 1 aromatic rings. The molecule has 0 spiro atoms. The Morgan fingerprint density at radius 3 is 1.06 bits per heavy atom. The Balaban J connectivity index is -0.000000152. The predicted octanol–water partition coefficient (Wildman–Crippen LogP) is 3.19. The summed E-state index contributed by atoms with van der Waals surface area (Å²) in [5.74, 6) is -0.833. The van der Waals surface area contributed by atoms with Crippen molar-refractivity contribution in [2.75, 3.05) is 7.11 Å². The summed E-state index contributed by atoms with van der Waals surface area (Å²) in [4.78, 5) is 9.00. The molecule has 2 N–H and O–H groups in total. The van der Waals surface area contributed by atoms with Gasteiger partial charge in [-0.15, -0.1) is 0 Å². The third kappa shape index (κ3) is 53.8. The minimum Gasteiger partial charge on any atom is -0.481 e. The van der Waals surface area contributed by atoms with Crippen molar-refractivity contribution in [1.29, 1.82) is 0 Å². The monoisotopic (exact) mass is 228 g/mol. The van der Waals surface area contributed by atoms with Crippen LogP contribution in [-0.2, 0) is 4.79 Å². The van der Waals surface area contributed by atoms with Crippen LogP contribution >= 0.6 is 0 Å². The van der Waals surface area contributed by atoms with Crippen LogP contribution in [0.5, 0.6) is 0 Å². The molecule has 0 unspecified atom stereocenters. The average molecular weight is 228 g/mol. The third-order valence-corrected chi connectivity index (χ3v) is 1.17. The van der Waals surface area contributed by atoms with Crippen molar-refractivity contribution in [2.45, 2.75) is 33.6 Å². The Bertz CT molecular complexity index is 165. The quantitative estimate of drug-likeness (QED) is 0.776. The van der Waals surface area contributed by atoms with Gasteiger partial charge >= 0.3 is 0 Å². The van der Waals surface area contributed by atoms with Gasteiger partial charge in [0.05, 0.1) is 0 Å². The first kappa shape index (κ1) is 20.1. The van der Waals surface area contributed by atoms with Gasteiger partial charge in [0, 0.05) is 14.0 Å². The molecule has 1 aromatic carbocycles. The molecule has 0 aliphatic rings.